The molecule has 0 aromatic heterocycles. The molecule has 1 N–H and O–H groups in total. The zero-order valence-electron chi connectivity index (χ0n) is 18.5. The molecule has 2 aromatic rings. The summed E-state index contributed by atoms with van der Waals surface area (Å²) in [6.45, 7) is 2.81. The Kier molecular flexibility index (Phi) is 7.37. The molecule has 4 rings (SSSR count). The Balaban J connectivity index is 1.31. The van der Waals surface area contributed by atoms with E-state index in [9.17, 15) is 13.2 Å². The number of carbonyl (C=O) groups is 1. The van der Waals surface area contributed by atoms with Gasteiger partial charge < -0.3 is 5.32 Å². The fraction of sp³-hybridized carbons (Fsp3) is 0.480. The van der Waals surface area contributed by atoms with Gasteiger partial charge in [-0.25, -0.2) is 12.7 Å². The van der Waals surface area contributed by atoms with Crippen molar-refractivity contribution in [3.05, 3.63) is 69.2 Å². The van der Waals surface area contributed by atoms with Crippen LogP contribution in [0.2, 0.25) is 0 Å². The number of fused-ring (bicyclic) bond motifs is 1. The third-order valence-electron chi connectivity index (χ3n) is 6.69. The van der Waals surface area contributed by atoms with Gasteiger partial charge in [0.15, 0.2) is 0 Å². The number of halogens is 1. The number of carbonyl (C=O) groups excluding carboxylic acids is 1. The van der Waals surface area contributed by atoms with Crippen LogP contribution in [0.4, 0.5) is 0 Å². The number of nitrogens with one attached hydrogen (secondary N) is 1. The second kappa shape index (κ2) is 10.1. The molecule has 1 fully saturated rings. The van der Waals surface area contributed by atoms with Gasteiger partial charge in [-0.1, -0.05) is 46.3 Å². The summed E-state index contributed by atoms with van der Waals surface area (Å²) in [5.74, 6) is -0.134. The minimum Gasteiger partial charge on any atom is -0.349 e. The summed E-state index contributed by atoms with van der Waals surface area (Å²) in [5.41, 5.74) is 4.76. The summed E-state index contributed by atoms with van der Waals surface area (Å²) in [5, 5.41) is 3.16. The number of piperidine rings is 1. The highest BCUT2D eigenvalue weighted by atomic mass is 79.9. The Hall–Kier alpha value is -1.70. The van der Waals surface area contributed by atoms with Crippen LogP contribution >= 0.6 is 15.9 Å². The van der Waals surface area contributed by atoms with Crippen LogP contribution in [0.1, 0.15) is 60.9 Å². The fourth-order valence-corrected chi connectivity index (χ4v) is 6.76. The van der Waals surface area contributed by atoms with E-state index in [1.54, 1.807) is 0 Å². The second-order valence-electron chi connectivity index (χ2n) is 9.02. The van der Waals surface area contributed by atoms with Crippen LogP contribution in [0, 0.1) is 5.92 Å². The molecule has 32 heavy (non-hydrogen) atoms. The maximum absolute atomic E-state index is 12.9. The molecule has 7 heteroatoms. The van der Waals surface area contributed by atoms with Crippen molar-refractivity contribution >= 4 is 31.9 Å². The van der Waals surface area contributed by atoms with Crippen LogP contribution < -0.4 is 5.32 Å². The highest BCUT2D eigenvalue weighted by Crippen LogP contribution is 2.26. The van der Waals surface area contributed by atoms with Crippen LogP contribution in [0.25, 0.3) is 0 Å². The summed E-state index contributed by atoms with van der Waals surface area (Å²) >= 11 is 3.39. The van der Waals surface area contributed by atoms with Gasteiger partial charge in [0.1, 0.15) is 0 Å². The summed E-state index contributed by atoms with van der Waals surface area (Å²) < 4.78 is 28.1. The second-order valence-corrected chi connectivity index (χ2v) is 11.9. The molecule has 2 aromatic carbocycles. The first-order valence-electron chi connectivity index (χ1n) is 11.5. The molecule has 1 unspecified atom stereocenters. The molecule has 172 valence electrons. The third kappa shape index (κ3) is 5.61. The standard InChI is InChI=1S/C25H31BrN2O3S/c1-18(22-10-9-20-6-2-3-7-23(20)16-22)27-25(29)21-11-13-28(14-12-21)32(30,31)17-19-5-4-8-24(26)15-19/h4-5,8-10,15-16,18,21H,2-3,6-7,11-14,17H2,1H3,(H,27,29). The molecule has 0 bridgehead atoms. The third-order valence-corrected chi connectivity index (χ3v) is 9.03. The minimum absolute atomic E-state index is 0.0152. The zero-order valence-corrected chi connectivity index (χ0v) is 20.9. The van der Waals surface area contributed by atoms with E-state index in [0.717, 1.165) is 28.4 Å². The van der Waals surface area contributed by atoms with Crippen molar-refractivity contribution in [2.24, 2.45) is 5.92 Å². The number of hydrogen-bond acceptors (Lipinski definition) is 3. The average molecular weight is 520 g/mol. The van der Waals surface area contributed by atoms with Gasteiger partial charge in [-0.2, -0.15) is 0 Å². The molecule has 1 aliphatic carbocycles. The maximum atomic E-state index is 12.9. The van der Waals surface area contributed by atoms with Gasteiger partial charge in [0, 0.05) is 23.5 Å². The van der Waals surface area contributed by atoms with Crippen molar-refractivity contribution in [3.63, 3.8) is 0 Å². The van der Waals surface area contributed by atoms with E-state index in [1.165, 1.54) is 28.3 Å². The highest BCUT2D eigenvalue weighted by Gasteiger charge is 2.31. The van der Waals surface area contributed by atoms with Gasteiger partial charge in [0.25, 0.3) is 0 Å². The lowest BCUT2D eigenvalue weighted by Crippen LogP contribution is -2.43. The molecule has 1 heterocycles. The molecule has 0 spiro atoms. The van der Waals surface area contributed by atoms with Crippen molar-refractivity contribution in [2.45, 2.75) is 57.2 Å². The molecule has 1 aliphatic heterocycles. The monoisotopic (exact) mass is 518 g/mol. The van der Waals surface area contributed by atoms with Crippen molar-refractivity contribution in [1.29, 1.82) is 0 Å². The molecular formula is C25H31BrN2O3S. The molecule has 2 aliphatic rings. The van der Waals surface area contributed by atoms with Crippen LogP contribution in [-0.4, -0.2) is 31.7 Å². The van der Waals surface area contributed by atoms with E-state index in [-0.39, 0.29) is 23.6 Å². The summed E-state index contributed by atoms with van der Waals surface area (Å²) in [7, 11) is -3.40. The van der Waals surface area contributed by atoms with E-state index in [2.05, 4.69) is 39.4 Å². The lowest BCUT2D eigenvalue weighted by Gasteiger charge is -2.31. The summed E-state index contributed by atoms with van der Waals surface area (Å²) in [6, 6.07) is 13.9. The van der Waals surface area contributed by atoms with Gasteiger partial charge in [0.05, 0.1) is 11.8 Å². The van der Waals surface area contributed by atoms with E-state index >= 15 is 0 Å². The van der Waals surface area contributed by atoms with E-state index in [1.807, 2.05) is 31.2 Å². The van der Waals surface area contributed by atoms with Crippen molar-refractivity contribution in [1.82, 2.24) is 9.62 Å². The first-order chi connectivity index (χ1) is 15.3. The predicted octanol–water partition coefficient (Wildman–Crippen LogP) is 4.75. The van der Waals surface area contributed by atoms with Crippen LogP contribution in [-0.2, 0) is 33.4 Å². The number of benzene rings is 2. The molecule has 0 saturated carbocycles. The number of amides is 1. The smallest absolute Gasteiger partial charge is 0.223 e. The van der Waals surface area contributed by atoms with Gasteiger partial charge in [-0.15, -0.1) is 0 Å². The fourth-order valence-electron chi connectivity index (χ4n) is 4.76. The number of nitrogens with zero attached hydrogens (tertiary/aromatic N) is 1. The van der Waals surface area contributed by atoms with Crippen LogP contribution in [0.3, 0.4) is 0 Å². The minimum atomic E-state index is -3.40. The number of sulfonamides is 1. The molecule has 1 amide bonds. The maximum Gasteiger partial charge on any atom is 0.223 e. The predicted molar refractivity (Wildman–Crippen MR) is 131 cm³/mol. The molecule has 1 saturated heterocycles. The Morgan fingerprint density at radius 1 is 1.09 bits per heavy atom. The Bertz CT molecular complexity index is 1080. The lowest BCUT2D eigenvalue weighted by molar-refractivity contribution is -0.126. The lowest BCUT2D eigenvalue weighted by atomic mass is 9.89. The van der Waals surface area contributed by atoms with Crippen molar-refractivity contribution in [3.8, 4) is 0 Å². The zero-order chi connectivity index (χ0) is 22.7. The van der Waals surface area contributed by atoms with E-state index < -0.39 is 10.0 Å². The number of rotatable bonds is 6. The molecule has 1 atom stereocenters. The van der Waals surface area contributed by atoms with Gasteiger partial charge in [-0.3, -0.25) is 4.79 Å². The van der Waals surface area contributed by atoms with Crippen molar-refractivity contribution < 1.29 is 13.2 Å². The van der Waals surface area contributed by atoms with E-state index in [0.29, 0.717) is 25.9 Å². The largest absolute Gasteiger partial charge is 0.349 e. The van der Waals surface area contributed by atoms with E-state index in [4.69, 9.17) is 0 Å². The quantitative estimate of drug-likeness (QED) is 0.599. The van der Waals surface area contributed by atoms with Crippen molar-refractivity contribution in [2.75, 3.05) is 13.1 Å². The Morgan fingerprint density at radius 2 is 1.81 bits per heavy atom. The Morgan fingerprint density at radius 3 is 2.53 bits per heavy atom. The average Bonchev–Trinajstić information content (AvgIpc) is 2.78. The SMILES string of the molecule is CC(NC(=O)C1CCN(S(=O)(=O)Cc2cccc(Br)c2)CC1)c1ccc2c(c1)CCCC2. The summed E-state index contributed by atoms with van der Waals surface area (Å²) in [4.78, 5) is 12.9. The van der Waals surface area contributed by atoms with Gasteiger partial charge in [-0.05, 0) is 79.8 Å². The topological polar surface area (TPSA) is 66.5 Å². The molecular weight excluding hydrogens is 488 g/mol. The Labute approximate surface area is 199 Å². The van der Waals surface area contributed by atoms with Gasteiger partial charge in [0.2, 0.25) is 15.9 Å². The molecule has 5 nitrogen and oxygen atoms in total. The first-order valence-corrected chi connectivity index (χ1v) is 13.9. The number of hydrogen-bond donors (Lipinski definition) is 1. The van der Waals surface area contributed by atoms with Crippen LogP contribution in [0.15, 0.2) is 46.9 Å². The number of aryl methyl sites for hydroxylation is 2. The van der Waals surface area contributed by atoms with Crippen LogP contribution in [0.5, 0.6) is 0 Å². The normalized spacial score (nSPS) is 18.7. The highest BCUT2D eigenvalue weighted by molar-refractivity contribution is 9.10. The first kappa shape index (κ1) is 23.5. The molecule has 0 radical (unpaired) electrons. The van der Waals surface area contributed by atoms with Gasteiger partial charge >= 0.3 is 0 Å². The summed E-state index contributed by atoms with van der Waals surface area (Å²) in [6.07, 6.45) is 5.88.